The van der Waals surface area contributed by atoms with E-state index in [4.69, 9.17) is 0 Å². The van der Waals surface area contributed by atoms with Crippen LogP contribution in [0.25, 0.3) is 10.8 Å². The molecule has 108 valence electrons. The average Bonchev–Trinajstić information content (AvgIpc) is 2.46. The fourth-order valence-corrected chi connectivity index (χ4v) is 3.46. The average molecular weight is 291 g/mol. The molecule has 0 unspecified atom stereocenters. The second-order valence-electron chi connectivity index (χ2n) is 5.04. The van der Waals surface area contributed by atoms with E-state index >= 15 is 0 Å². The molecule has 0 spiro atoms. The third kappa shape index (κ3) is 3.19. The molecule has 0 bridgehead atoms. The molecular weight excluding hydrogens is 270 g/mol. The summed E-state index contributed by atoms with van der Waals surface area (Å²) in [5.41, 5.74) is 0. The molecule has 0 aromatic heterocycles. The molecule has 0 amide bonds. The van der Waals surface area contributed by atoms with Crippen molar-refractivity contribution in [2.24, 2.45) is 0 Å². The second-order valence-corrected chi connectivity index (χ2v) is 7.09. The van der Waals surface area contributed by atoms with Crippen molar-refractivity contribution < 1.29 is 8.42 Å². The van der Waals surface area contributed by atoms with Crippen molar-refractivity contribution in [3.63, 3.8) is 0 Å². The lowest BCUT2D eigenvalue weighted by atomic mass is 10.1. The Morgan fingerprint density at radius 3 is 2.40 bits per heavy atom. The van der Waals surface area contributed by atoms with Gasteiger partial charge in [-0.15, -0.1) is 0 Å². The first-order valence-corrected chi connectivity index (χ1v) is 8.45. The van der Waals surface area contributed by atoms with Gasteiger partial charge in [0, 0.05) is 13.6 Å². The molecule has 0 saturated carbocycles. The standard InChI is InChI=1S/C16H21NO2S/c1-3-4-7-12-17(2)20(18,19)16-11-10-14-8-5-6-9-15(14)13-16/h5-6,8-11,13H,3-4,7,12H2,1-2H3. The van der Waals surface area contributed by atoms with Crippen LogP contribution in [0.4, 0.5) is 0 Å². The van der Waals surface area contributed by atoms with Crippen LogP contribution in [0.2, 0.25) is 0 Å². The molecule has 0 N–H and O–H groups in total. The number of hydrogen-bond donors (Lipinski definition) is 0. The van der Waals surface area contributed by atoms with E-state index in [9.17, 15) is 8.42 Å². The monoisotopic (exact) mass is 291 g/mol. The summed E-state index contributed by atoms with van der Waals surface area (Å²) in [7, 11) is -1.72. The van der Waals surface area contributed by atoms with Gasteiger partial charge in [-0.2, -0.15) is 0 Å². The molecule has 0 aliphatic rings. The Bertz CT molecular complexity index is 680. The van der Waals surface area contributed by atoms with Crippen LogP contribution in [0.5, 0.6) is 0 Å². The molecule has 0 aliphatic heterocycles. The first kappa shape index (κ1) is 15.0. The topological polar surface area (TPSA) is 37.4 Å². The van der Waals surface area contributed by atoms with Crippen LogP contribution in [0.1, 0.15) is 26.2 Å². The van der Waals surface area contributed by atoms with Crippen molar-refractivity contribution in [1.82, 2.24) is 4.31 Å². The van der Waals surface area contributed by atoms with Gasteiger partial charge in [0.05, 0.1) is 4.90 Å². The molecule has 0 fully saturated rings. The van der Waals surface area contributed by atoms with Gasteiger partial charge in [0.2, 0.25) is 10.0 Å². The number of sulfonamides is 1. The molecule has 0 atom stereocenters. The third-order valence-corrected chi connectivity index (χ3v) is 5.36. The zero-order chi connectivity index (χ0) is 14.6. The molecule has 20 heavy (non-hydrogen) atoms. The number of unbranched alkanes of at least 4 members (excludes halogenated alkanes) is 2. The Hall–Kier alpha value is -1.39. The molecule has 0 aliphatic carbocycles. The summed E-state index contributed by atoms with van der Waals surface area (Å²) >= 11 is 0. The largest absolute Gasteiger partial charge is 0.242 e. The van der Waals surface area contributed by atoms with Crippen molar-refractivity contribution in [1.29, 1.82) is 0 Å². The van der Waals surface area contributed by atoms with Gasteiger partial charge in [-0.05, 0) is 29.3 Å². The molecule has 0 radical (unpaired) electrons. The van der Waals surface area contributed by atoms with E-state index in [1.165, 1.54) is 4.31 Å². The molecule has 0 saturated heterocycles. The minimum atomic E-state index is -3.38. The first-order chi connectivity index (χ1) is 9.55. The Balaban J connectivity index is 2.26. The van der Waals surface area contributed by atoms with Crippen LogP contribution in [-0.2, 0) is 10.0 Å². The minimum Gasteiger partial charge on any atom is -0.207 e. The highest BCUT2D eigenvalue weighted by Gasteiger charge is 2.20. The van der Waals surface area contributed by atoms with E-state index in [-0.39, 0.29) is 0 Å². The van der Waals surface area contributed by atoms with Crippen molar-refractivity contribution in [2.45, 2.75) is 31.1 Å². The maximum Gasteiger partial charge on any atom is 0.242 e. The van der Waals surface area contributed by atoms with E-state index in [1.807, 2.05) is 30.3 Å². The van der Waals surface area contributed by atoms with Crippen LogP contribution in [0, 0.1) is 0 Å². The third-order valence-electron chi connectivity index (χ3n) is 3.51. The fourth-order valence-electron chi connectivity index (χ4n) is 2.21. The molecule has 4 heteroatoms. The molecule has 3 nitrogen and oxygen atoms in total. The lowest BCUT2D eigenvalue weighted by molar-refractivity contribution is 0.454. The summed E-state index contributed by atoms with van der Waals surface area (Å²) in [6.45, 7) is 2.68. The quantitative estimate of drug-likeness (QED) is 0.762. The molecule has 2 rings (SSSR count). The van der Waals surface area contributed by atoms with Gasteiger partial charge in [-0.25, -0.2) is 12.7 Å². The predicted molar refractivity (Wildman–Crippen MR) is 83.3 cm³/mol. The van der Waals surface area contributed by atoms with Gasteiger partial charge in [0.1, 0.15) is 0 Å². The van der Waals surface area contributed by atoms with Gasteiger partial charge >= 0.3 is 0 Å². The second kappa shape index (κ2) is 6.37. The number of fused-ring (bicyclic) bond motifs is 1. The maximum atomic E-state index is 12.5. The van der Waals surface area contributed by atoms with Gasteiger partial charge in [-0.1, -0.05) is 50.1 Å². The molecule has 2 aromatic carbocycles. The van der Waals surface area contributed by atoms with E-state index in [0.29, 0.717) is 11.4 Å². The van der Waals surface area contributed by atoms with Crippen LogP contribution >= 0.6 is 0 Å². The van der Waals surface area contributed by atoms with Crippen LogP contribution in [0.3, 0.4) is 0 Å². The molecular formula is C16H21NO2S. The molecule has 2 aromatic rings. The molecule has 0 heterocycles. The Kier molecular flexibility index (Phi) is 4.78. The number of rotatable bonds is 6. The summed E-state index contributed by atoms with van der Waals surface area (Å²) in [4.78, 5) is 0.371. The van der Waals surface area contributed by atoms with Gasteiger partial charge in [0.25, 0.3) is 0 Å². The van der Waals surface area contributed by atoms with Gasteiger partial charge in [0.15, 0.2) is 0 Å². The highest BCUT2D eigenvalue weighted by Crippen LogP contribution is 2.21. The number of nitrogens with zero attached hydrogens (tertiary/aromatic N) is 1. The fraction of sp³-hybridized carbons (Fsp3) is 0.375. The summed E-state index contributed by atoms with van der Waals surface area (Å²) in [6.07, 6.45) is 3.04. The van der Waals surface area contributed by atoms with Crippen molar-refractivity contribution in [2.75, 3.05) is 13.6 Å². The minimum absolute atomic E-state index is 0.371. The predicted octanol–water partition coefficient (Wildman–Crippen LogP) is 3.65. The highest BCUT2D eigenvalue weighted by atomic mass is 32.2. The van der Waals surface area contributed by atoms with Crippen LogP contribution in [-0.4, -0.2) is 26.3 Å². The van der Waals surface area contributed by atoms with E-state index < -0.39 is 10.0 Å². The lowest BCUT2D eigenvalue weighted by Crippen LogP contribution is -2.27. The summed E-state index contributed by atoms with van der Waals surface area (Å²) in [6, 6.07) is 13.1. The van der Waals surface area contributed by atoms with E-state index in [2.05, 4.69) is 6.92 Å². The summed E-state index contributed by atoms with van der Waals surface area (Å²) in [5.74, 6) is 0. The van der Waals surface area contributed by atoms with Crippen LogP contribution < -0.4 is 0 Å². The summed E-state index contributed by atoms with van der Waals surface area (Å²) in [5, 5.41) is 2.01. The number of benzene rings is 2. The Morgan fingerprint density at radius 2 is 1.70 bits per heavy atom. The number of hydrogen-bond acceptors (Lipinski definition) is 2. The Morgan fingerprint density at radius 1 is 1.00 bits per heavy atom. The Labute approximate surface area is 121 Å². The lowest BCUT2D eigenvalue weighted by Gasteiger charge is -2.17. The maximum absolute atomic E-state index is 12.5. The van der Waals surface area contributed by atoms with E-state index in [1.54, 1.807) is 19.2 Å². The van der Waals surface area contributed by atoms with Gasteiger partial charge in [-0.3, -0.25) is 0 Å². The first-order valence-electron chi connectivity index (χ1n) is 7.01. The van der Waals surface area contributed by atoms with Crippen LogP contribution in [0.15, 0.2) is 47.4 Å². The zero-order valence-electron chi connectivity index (χ0n) is 12.0. The SMILES string of the molecule is CCCCCN(C)S(=O)(=O)c1ccc2ccccc2c1. The van der Waals surface area contributed by atoms with Crippen molar-refractivity contribution >= 4 is 20.8 Å². The van der Waals surface area contributed by atoms with Crippen molar-refractivity contribution in [3.8, 4) is 0 Å². The normalized spacial score (nSPS) is 12.2. The zero-order valence-corrected chi connectivity index (χ0v) is 12.9. The van der Waals surface area contributed by atoms with E-state index in [0.717, 1.165) is 30.0 Å². The smallest absolute Gasteiger partial charge is 0.207 e. The highest BCUT2D eigenvalue weighted by molar-refractivity contribution is 7.89. The van der Waals surface area contributed by atoms with Gasteiger partial charge < -0.3 is 0 Å². The summed E-state index contributed by atoms with van der Waals surface area (Å²) < 4.78 is 26.4. The van der Waals surface area contributed by atoms with Crippen molar-refractivity contribution in [3.05, 3.63) is 42.5 Å².